The molecule has 30 heavy (non-hydrogen) atoms. The van der Waals surface area contributed by atoms with Crippen LogP contribution in [0, 0.1) is 6.92 Å². The fraction of sp³-hybridized carbons (Fsp3) is 0.130. The van der Waals surface area contributed by atoms with Crippen molar-refractivity contribution in [1.29, 1.82) is 0 Å². The summed E-state index contributed by atoms with van der Waals surface area (Å²) in [7, 11) is -3.63. The Morgan fingerprint density at radius 3 is 2.40 bits per heavy atom. The number of carbonyl (C=O) groups is 1. The molecular weight excluding hydrogens is 398 g/mol. The van der Waals surface area contributed by atoms with E-state index in [-0.39, 0.29) is 12.1 Å². The zero-order valence-corrected chi connectivity index (χ0v) is 17.6. The molecule has 0 aliphatic carbocycles. The maximum absolute atomic E-state index is 12.8. The second kappa shape index (κ2) is 9.37. The third-order valence-electron chi connectivity index (χ3n) is 4.41. The molecule has 1 N–H and O–H groups in total. The molecule has 0 bridgehead atoms. The second-order valence-corrected chi connectivity index (χ2v) is 8.79. The Morgan fingerprint density at radius 1 is 1.00 bits per heavy atom. The first-order valence-corrected chi connectivity index (χ1v) is 11.2. The number of amides is 1. The number of para-hydroxylation sites is 1. The summed E-state index contributed by atoms with van der Waals surface area (Å²) in [5, 5.41) is 4.01. The van der Waals surface area contributed by atoms with Gasteiger partial charge in [-0.3, -0.25) is 9.10 Å². The van der Waals surface area contributed by atoms with Crippen molar-refractivity contribution in [3.05, 3.63) is 101 Å². The van der Waals surface area contributed by atoms with Gasteiger partial charge in [0.1, 0.15) is 0 Å². The number of anilines is 1. The Kier molecular flexibility index (Phi) is 6.64. The van der Waals surface area contributed by atoms with Crippen molar-refractivity contribution < 1.29 is 13.2 Å². The lowest BCUT2D eigenvalue weighted by Crippen LogP contribution is -2.32. The van der Waals surface area contributed by atoms with Crippen molar-refractivity contribution in [2.24, 2.45) is 5.10 Å². The Labute approximate surface area is 176 Å². The molecule has 6 nitrogen and oxygen atoms in total. The molecule has 0 atom stereocenters. The van der Waals surface area contributed by atoms with E-state index in [1.54, 1.807) is 30.5 Å². The summed E-state index contributed by atoms with van der Waals surface area (Å²) in [6.07, 6.45) is 2.67. The second-order valence-electron chi connectivity index (χ2n) is 6.89. The summed E-state index contributed by atoms with van der Waals surface area (Å²) in [4.78, 5) is 12.8. The van der Waals surface area contributed by atoms with Crippen LogP contribution in [0.3, 0.4) is 0 Å². The Hall–Kier alpha value is -3.45. The van der Waals surface area contributed by atoms with Gasteiger partial charge in [-0.05, 0) is 30.2 Å². The SMILES string of the molecule is Cc1cccc(/C=N/NC(=O)c2ccccc2N(Cc2ccccc2)S(C)(=O)=O)c1. The minimum atomic E-state index is -3.63. The van der Waals surface area contributed by atoms with Gasteiger partial charge in [0, 0.05) is 0 Å². The number of nitrogens with zero attached hydrogens (tertiary/aromatic N) is 2. The molecule has 154 valence electrons. The molecule has 0 aromatic heterocycles. The van der Waals surface area contributed by atoms with Crippen LogP contribution >= 0.6 is 0 Å². The first-order chi connectivity index (χ1) is 14.3. The van der Waals surface area contributed by atoms with Crippen LogP contribution in [0.4, 0.5) is 5.69 Å². The average Bonchev–Trinajstić information content (AvgIpc) is 2.72. The number of sulfonamides is 1. The zero-order valence-electron chi connectivity index (χ0n) is 16.8. The minimum Gasteiger partial charge on any atom is -0.267 e. The minimum absolute atomic E-state index is 0.122. The Morgan fingerprint density at radius 2 is 1.70 bits per heavy atom. The number of rotatable bonds is 7. The highest BCUT2D eigenvalue weighted by atomic mass is 32.2. The third-order valence-corrected chi connectivity index (χ3v) is 5.54. The zero-order chi connectivity index (χ0) is 21.6. The summed E-state index contributed by atoms with van der Waals surface area (Å²) in [5.74, 6) is -0.490. The summed E-state index contributed by atoms with van der Waals surface area (Å²) >= 11 is 0. The van der Waals surface area contributed by atoms with Crippen molar-refractivity contribution >= 4 is 27.8 Å². The van der Waals surface area contributed by atoms with E-state index in [1.165, 1.54) is 4.31 Å². The van der Waals surface area contributed by atoms with E-state index >= 15 is 0 Å². The van der Waals surface area contributed by atoms with Crippen LogP contribution in [0.25, 0.3) is 0 Å². The highest BCUT2D eigenvalue weighted by molar-refractivity contribution is 7.92. The number of nitrogens with one attached hydrogen (secondary N) is 1. The summed E-state index contributed by atoms with van der Waals surface area (Å²) in [6, 6.07) is 23.5. The largest absolute Gasteiger partial charge is 0.273 e. The monoisotopic (exact) mass is 421 g/mol. The fourth-order valence-electron chi connectivity index (χ4n) is 2.99. The molecule has 0 radical (unpaired) electrons. The van der Waals surface area contributed by atoms with Gasteiger partial charge in [0.15, 0.2) is 0 Å². The molecule has 0 aliphatic heterocycles. The topological polar surface area (TPSA) is 78.8 Å². The predicted molar refractivity (Wildman–Crippen MR) is 120 cm³/mol. The molecule has 0 aliphatic rings. The van der Waals surface area contributed by atoms with E-state index in [9.17, 15) is 13.2 Å². The van der Waals surface area contributed by atoms with Gasteiger partial charge in [-0.25, -0.2) is 13.8 Å². The Bertz CT molecular complexity index is 1160. The van der Waals surface area contributed by atoms with E-state index < -0.39 is 15.9 Å². The molecule has 0 unspecified atom stereocenters. The number of hydrogen-bond acceptors (Lipinski definition) is 4. The predicted octanol–water partition coefficient (Wildman–Crippen LogP) is 3.73. The van der Waals surface area contributed by atoms with Gasteiger partial charge in [0.25, 0.3) is 5.91 Å². The summed E-state index contributed by atoms with van der Waals surface area (Å²) < 4.78 is 26.2. The van der Waals surface area contributed by atoms with Crippen LogP contribution in [0.1, 0.15) is 27.0 Å². The van der Waals surface area contributed by atoms with Gasteiger partial charge in [-0.15, -0.1) is 0 Å². The highest BCUT2D eigenvalue weighted by Gasteiger charge is 2.23. The van der Waals surface area contributed by atoms with Crippen LogP contribution in [0.5, 0.6) is 0 Å². The lowest BCUT2D eigenvalue weighted by atomic mass is 10.1. The molecule has 3 rings (SSSR count). The van der Waals surface area contributed by atoms with Gasteiger partial charge in [0.05, 0.1) is 30.3 Å². The Balaban J connectivity index is 1.86. The number of carbonyl (C=O) groups excluding carboxylic acids is 1. The van der Waals surface area contributed by atoms with Gasteiger partial charge in [-0.2, -0.15) is 5.10 Å². The quantitative estimate of drug-likeness (QED) is 0.466. The number of hydrogen-bond donors (Lipinski definition) is 1. The first kappa shape index (κ1) is 21.3. The molecule has 3 aromatic rings. The van der Waals surface area contributed by atoms with E-state index in [2.05, 4.69) is 10.5 Å². The lowest BCUT2D eigenvalue weighted by molar-refractivity contribution is 0.0956. The van der Waals surface area contributed by atoms with Crippen molar-refractivity contribution in [3.63, 3.8) is 0 Å². The van der Waals surface area contributed by atoms with Crippen molar-refractivity contribution in [2.75, 3.05) is 10.6 Å². The molecule has 1 amide bonds. The molecule has 0 spiro atoms. The highest BCUT2D eigenvalue weighted by Crippen LogP contribution is 2.25. The summed E-state index contributed by atoms with van der Waals surface area (Å²) in [6.45, 7) is 2.09. The van der Waals surface area contributed by atoms with Crippen LogP contribution in [0.15, 0.2) is 84.0 Å². The fourth-order valence-corrected chi connectivity index (χ4v) is 3.89. The maximum Gasteiger partial charge on any atom is 0.273 e. The molecule has 0 fully saturated rings. The van der Waals surface area contributed by atoms with Crippen molar-refractivity contribution in [1.82, 2.24) is 5.43 Å². The van der Waals surface area contributed by atoms with Gasteiger partial charge < -0.3 is 0 Å². The van der Waals surface area contributed by atoms with E-state index in [4.69, 9.17) is 0 Å². The van der Waals surface area contributed by atoms with Crippen molar-refractivity contribution in [2.45, 2.75) is 13.5 Å². The normalized spacial score (nSPS) is 11.4. The van der Waals surface area contributed by atoms with Crippen LogP contribution in [-0.2, 0) is 16.6 Å². The molecule has 7 heteroatoms. The molecule has 0 heterocycles. The van der Waals surface area contributed by atoms with E-state index in [1.807, 2.05) is 61.5 Å². The smallest absolute Gasteiger partial charge is 0.267 e. The number of aryl methyl sites for hydroxylation is 1. The molecule has 0 saturated heterocycles. The first-order valence-electron chi connectivity index (χ1n) is 9.35. The van der Waals surface area contributed by atoms with Crippen LogP contribution in [-0.4, -0.2) is 26.8 Å². The molecule has 0 saturated carbocycles. The van der Waals surface area contributed by atoms with Gasteiger partial charge >= 0.3 is 0 Å². The van der Waals surface area contributed by atoms with Crippen LogP contribution < -0.4 is 9.73 Å². The van der Waals surface area contributed by atoms with Gasteiger partial charge in [-0.1, -0.05) is 72.3 Å². The maximum atomic E-state index is 12.8. The average molecular weight is 422 g/mol. The molecule has 3 aromatic carbocycles. The van der Waals surface area contributed by atoms with Gasteiger partial charge in [0.2, 0.25) is 10.0 Å². The lowest BCUT2D eigenvalue weighted by Gasteiger charge is -2.24. The van der Waals surface area contributed by atoms with Crippen LogP contribution in [0.2, 0.25) is 0 Å². The third kappa shape index (κ3) is 5.55. The van der Waals surface area contributed by atoms with Crippen molar-refractivity contribution in [3.8, 4) is 0 Å². The standard InChI is InChI=1S/C23H23N3O3S/c1-18-9-8-12-20(15-18)16-24-25-23(27)21-13-6-7-14-22(21)26(30(2,28)29)17-19-10-4-3-5-11-19/h3-16H,17H2,1-2H3,(H,25,27)/b24-16+. The number of hydrazone groups is 1. The van der Waals surface area contributed by atoms with E-state index in [0.717, 1.165) is 22.9 Å². The summed E-state index contributed by atoms with van der Waals surface area (Å²) in [5.41, 5.74) is 5.76. The number of benzene rings is 3. The molecular formula is C23H23N3O3S. The van der Waals surface area contributed by atoms with E-state index in [0.29, 0.717) is 5.69 Å².